The topological polar surface area (TPSA) is 78.8 Å². The molecule has 0 amide bonds. The van der Waals surface area contributed by atoms with E-state index in [-0.39, 0.29) is 17.1 Å². The number of hydrogen-bond donors (Lipinski definition) is 1. The summed E-state index contributed by atoms with van der Waals surface area (Å²) < 4.78 is 33.1. The van der Waals surface area contributed by atoms with E-state index < -0.39 is 17.2 Å². The number of nitrogens with zero attached hydrogens (tertiary/aromatic N) is 4. The van der Waals surface area contributed by atoms with E-state index in [0.29, 0.717) is 6.61 Å². The molecule has 0 aliphatic heterocycles. The summed E-state index contributed by atoms with van der Waals surface area (Å²) in [6.07, 6.45) is 0. The van der Waals surface area contributed by atoms with Crippen molar-refractivity contribution in [2.45, 2.75) is 19.4 Å². The van der Waals surface area contributed by atoms with E-state index in [0.717, 1.165) is 12.1 Å². The Morgan fingerprint density at radius 1 is 1.30 bits per heavy atom. The van der Waals surface area contributed by atoms with Crippen molar-refractivity contribution in [3.8, 4) is 11.4 Å². The fourth-order valence-electron chi connectivity index (χ4n) is 1.93. The van der Waals surface area contributed by atoms with E-state index >= 15 is 0 Å². The first kappa shape index (κ1) is 14.3. The van der Waals surface area contributed by atoms with Gasteiger partial charge in [-0.15, -0.1) is 5.10 Å². The molecule has 2 aromatic rings. The largest absolute Gasteiger partial charge is 0.398 e. The number of nitrogens with two attached hydrogens (primary N) is 1. The molecule has 0 aliphatic carbocycles. The lowest BCUT2D eigenvalue weighted by Crippen LogP contribution is -2.33. The molecule has 2 rings (SSSR count). The van der Waals surface area contributed by atoms with Gasteiger partial charge in [-0.05, 0) is 30.3 Å². The first-order valence-corrected chi connectivity index (χ1v) is 5.89. The Hall–Kier alpha value is -2.09. The summed E-state index contributed by atoms with van der Waals surface area (Å²) in [6, 6.07) is 1.89. The molecular weight excluding hydrogens is 268 g/mol. The Morgan fingerprint density at radius 2 is 1.95 bits per heavy atom. The Balaban J connectivity index is 2.56. The predicted octanol–water partition coefficient (Wildman–Crippen LogP) is 1.58. The number of ether oxygens (including phenoxy) is 1. The Labute approximate surface area is 114 Å². The van der Waals surface area contributed by atoms with Crippen LogP contribution in [0.15, 0.2) is 12.1 Å². The molecule has 0 unspecified atom stereocenters. The normalized spacial score (nSPS) is 11.8. The van der Waals surface area contributed by atoms with E-state index in [4.69, 9.17) is 10.5 Å². The van der Waals surface area contributed by atoms with Gasteiger partial charge >= 0.3 is 0 Å². The summed E-state index contributed by atoms with van der Waals surface area (Å²) in [6.45, 7) is 4.05. The molecule has 8 heteroatoms. The second kappa shape index (κ2) is 5.12. The average Bonchev–Trinajstić information content (AvgIpc) is 2.83. The lowest BCUT2D eigenvalue weighted by atomic mass is 10.1. The molecule has 108 valence electrons. The standard InChI is InChI=1S/C12H15F2N5O/c1-12(2,6-20-3)19-11(16-17-18-19)7-4-8(13)9(14)5-10(7)15/h4-5H,6,15H2,1-3H3. The van der Waals surface area contributed by atoms with Gasteiger partial charge in [0.15, 0.2) is 17.5 Å². The van der Waals surface area contributed by atoms with E-state index in [1.165, 1.54) is 4.68 Å². The summed E-state index contributed by atoms with van der Waals surface area (Å²) in [7, 11) is 1.55. The zero-order valence-corrected chi connectivity index (χ0v) is 11.4. The maximum absolute atomic E-state index is 13.4. The van der Waals surface area contributed by atoms with Crippen LogP contribution in [0.3, 0.4) is 0 Å². The van der Waals surface area contributed by atoms with Crippen molar-refractivity contribution < 1.29 is 13.5 Å². The highest BCUT2D eigenvalue weighted by Gasteiger charge is 2.27. The monoisotopic (exact) mass is 283 g/mol. The van der Waals surface area contributed by atoms with Gasteiger partial charge < -0.3 is 10.5 Å². The van der Waals surface area contributed by atoms with Crippen molar-refractivity contribution in [1.29, 1.82) is 0 Å². The van der Waals surface area contributed by atoms with Gasteiger partial charge in [-0.2, -0.15) is 0 Å². The second-order valence-corrected chi connectivity index (χ2v) is 5.01. The molecule has 0 saturated carbocycles. The van der Waals surface area contributed by atoms with Crippen LogP contribution in [0.4, 0.5) is 14.5 Å². The summed E-state index contributed by atoms with van der Waals surface area (Å²) >= 11 is 0. The van der Waals surface area contributed by atoms with Crippen LogP contribution in [-0.4, -0.2) is 33.9 Å². The maximum Gasteiger partial charge on any atom is 0.184 e. The highest BCUT2D eigenvalue weighted by atomic mass is 19.2. The lowest BCUT2D eigenvalue weighted by Gasteiger charge is -2.24. The third-order valence-corrected chi connectivity index (χ3v) is 2.87. The van der Waals surface area contributed by atoms with Gasteiger partial charge in [0.1, 0.15) is 0 Å². The number of halogens is 2. The minimum absolute atomic E-state index is 0.0631. The zero-order valence-electron chi connectivity index (χ0n) is 11.4. The third-order valence-electron chi connectivity index (χ3n) is 2.87. The lowest BCUT2D eigenvalue weighted by molar-refractivity contribution is 0.101. The van der Waals surface area contributed by atoms with Gasteiger partial charge in [-0.3, -0.25) is 0 Å². The number of hydrogen-bond acceptors (Lipinski definition) is 5. The molecule has 0 fully saturated rings. The molecule has 2 N–H and O–H groups in total. The first-order chi connectivity index (χ1) is 9.36. The van der Waals surface area contributed by atoms with Crippen LogP contribution >= 0.6 is 0 Å². The molecule has 1 heterocycles. The molecule has 0 radical (unpaired) electrons. The zero-order chi connectivity index (χ0) is 14.9. The molecule has 1 aromatic carbocycles. The van der Waals surface area contributed by atoms with Gasteiger partial charge in [0.25, 0.3) is 0 Å². The van der Waals surface area contributed by atoms with Gasteiger partial charge in [0, 0.05) is 24.4 Å². The van der Waals surface area contributed by atoms with Crippen molar-refractivity contribution >= 4 is 5.69 Å². The molecule has 0 saturated heterocycles. The summed E-state index contributed by atoms with van der Waals surface area (Å²) in [5.74, 6) is -1.77. The van der Waals surface area contributed by atoms with Crippen LogP contribution in [0, 0.1) is 11.6 Å². The van der Waals surface area contributed by atoms with E-state index in [1.807, 2.05) is 13.8 Å². The van der Waals surface area contributed by atoms with E-state index in [9.17, 15) is 8.78 Å². The SMILES string of the molecule is COCC(C)(C)n1nnnc1-c1cc(F)c(F)cc1N. The van der Waals surface area contributed by atoms with Crippen molar-refractivity contribution in [2.75, 3.05) is 19.5 Å². The Bertz CT molecular complexity index is 626. The van der Waals surface area contributed by atoms with Crippen LogP contribution in [-0.2, 0) is 10.3 Å². The minimum atomic E-state index is -1.01. The number of benzene rings is 1. The first-order valence-electron chi connectivity index (χ1n) is 5.89. The van der Waals surface area contributed by atoms with Gasteiger partial charge in [0.05, 0.1) is 12.1 Å². The molecule has 0 spiro atoms. The third kappa shape index (κ3) is 2.46. The van der Waals surface area contributed by atoms with Crippen LogP contribution in [0.5, 0.6) is 0 Å². The number of tetrazole rings is 1. The highest BCUT2D eigenvalue weighted by molar-refractivity contribution is 5.71. The summed E-state index contributed by atoms with van der Waals surface area (Å²) in [4.78, 5) is 0. The van der Waals surface area contributed by atoms with Crippen LogP contribution in [0.2, 0.25) is 0 Å². The molecule has 0 atom stereocenters. The van der Waals surface area contributed by atoms with Gasteiger partial charge in [-0.1, -0.05) is 0 Å². The average molecular weight is 283 g/mol. The number of anilines is 1. The van der Waals surface area contributed by atoms with Crippen molar-refractivity contribution in [2.24, 2.45) is 0 Å². The molecule has 1 aromatic heterocycles. The van der Waals surface area contributed by atoms with Crippen LogP contribution in [0.1, 0.15) is 13.8 Å². The van der Waals surface area contributed by atoms with E-state index in [2.05, 4.69) is 15.5 Å². The summed E-state index contributed by atoms with van der Waals surface area (Å²) in [5.41, 5.74) is 5.45. The number of rotatable bonds is 4. The van der Waals surface area contributed by atoms with Gasteiger partial charge in [-0.25, -0.2) is 13.5 Å². The molecule has 6 nitrogen and oxygen atoms in total. The minimum Gasteiger partial charge on any atom is -0.398 e. The number of nitrogen functional groups attached to an aromatic ring is 1. The van der Waals surface area contributed by atoms with E-state index in [1.54, 1.807) is 7.11 Å². The summed E-state index contributed by atoms with van der Waals surface area (Å²) in [5, 5.41) is 11.3. The quantitative estimate of drug-likeness (QED) is 0.862. The molecular formula is C12H15F2N5O. The fraction of sp³-hybridized carbons (Fsp3) is 0.417. The predicted molar refractivity (Wildman–Crippen MR) is 68.8 cm³/mol. The number of methoxy groups -OCH3 is 1. The van der Waals surface area contributed by atoms with Crippen molar-refractivity contribution in [1.82, 2.24) is 20.2 Å². The highest BCUT2D eigenvalue weighted by Crippen LogP contribution is 2.29. The van der Waals surface area contributed by atoms with Crippen molar-refractivity contribution in [3.05, 3.63) is 23.8 Å². The Kier molecular flexibility index (Phi) is 3.67. The fourth-order valence-corrected chi connectivity index (χ4v) is 1.93. The molecule has 0 bridgehead atoms. The second-order valence-electron chi connectivity index (χ2n) is 5.01. The van der Waals surface area contributed by atoms with Gasteiger partial charge in [0.2, 0.25) is 0 Å². The molecule has 0 aliphatic rings. The Morgan fingerprint density at radius 3 is 2.60 bits per heavy atom. The molecule has 20 heavy (non-hydrogen) atoms. The van der Waals surface area contributed by atoms with Crippen LogP contribution in [0.25, 0.3) is 11.4 Å². The smallest absolute Gasteiger partial charge is 0.184 e. The van der Waals surface area contributed by atoms with Crippen molar-refractivity contribution in [3.63, 3.8) is 0 Å². The number of aromatic nitrogens is 4. The maximum atomic E-state index is 13.4. The van der Waals surface area contributed by atoms with Crippen LogP contribution < -0.4 is 5.73 Å².